The van der Waals surface area contributed by atoms with Gasteiger partial charge >= 0.3 is 0 Å². The van der Waals surface area contributed by atoms with Crippen molar-refractivity contribution in [2.75, 3.05) is 17.7 Å². The number of hydrogen-bond donors (Lipinski definition) is 2. The molecule has 0 fully saturated rings. The van der Waals surface area contributed by atoms with Crippen LogP contribution in [0.1, 0.15) is 38.8 Å². The van der Waals surface area contributed by atoms with E-state index in [0.29, 0.717) is 11.4 Å². The standard InChI is InChI=1S/C22H28N2O3/c1-6-15-10-8-11-16(7-2)19(15)24-21(26)22(3,4)20(25)23-17-12-9-13-18(14-17)27-5/h8-14H,6-7H2,1-5H3,(H,23,25)(H,24,26). The second-order valence-electron chi connectivity index (χ2n) is 6.92. The summed E-state index contributed by atoms with van der Waals surface area (Å²) in [4.78, 5) is 25.7. The molecule has 0 aromatic heterocycles. The van der Waals surface area contributed by atoms with Gasteiger partial charge in [-0.1, -0.05) is 38.1 Å². The molecule has 2 aromatic carbocycles. The molecule has 144 valence electrons. The van der Waals surface area contributed by atoms with E-state index in [1.165, 1.54) is 0 Å². The van der Waals surface area contributed by atoms with Crippen molar-refractivity contribution in [1.82, 2.24) is 0 Å². The molecule has 5 heteroatoms. The molecule has 0 saturated carbocycles. The number of rotatable bonds is 7. The number of benzene rings is 2. The summed E-state index contributed by atoms with van der Waals surface area (Å²) >= 11 is 0. The fraction of sp³-hybridized carbons (Fsp3) is 0.364. The first-order valence-electron chi connectivity index (χ1n) is 9.21. The maximum absolute atomic E-state index is 12.9. The van der Waals surface area contributed by atoms with Crippen LogP contribution in [0.2, 0.25) is 0 Å². The summed E-state index contributed by atoms with van der Waals surface area (Å²) in [5.41, 5.74) is 2.28. The smallest absolute Gasteiger partial charge is 0.239 e. The van der Waals surface area contributed by atoms with Gasteiger partial charge in [-0.25, -0.2) is 0 Å². The van der Waals surface area contributed by atoms with Crippen molar-refractivity contribution in [3.05, 3.63) is 53.6 Å². The molecule has 0 aliphatic heterocycles. The number of carbonyl (C=O) groups excluding carboxylic acids is 2. The van der Waals surface area contributed by atoms with E-state index in [1.54, 1.807) is 45.2 Å². The minimum absolute atomic E-state index is 0.335. The molecule has 0 aliphatic carbocycles. The largest absolute Gasteiger partial charge is 0.497 e. The van der Waals surface area contributed by atoms with E-state index in [1.807, 2.05) is 32.0 Å². The first-order valence-corrected chi connectivity index (χ1v) is 9.21. The number of aryl methyl sites for hydroxylation is 2. The minimum atomic E-state index is -1.24. The molecule has 2 rings (SSSR count). The van der Waals surface area contributed by atoms with Crippen LogP contribution in [0.3, 0.4) is 0 Å². The van der Waals surface area contributed by atoms with E-state index < -0.39 is 5.41 Å². The van der Waals surface area contributed by atoms with E-state index in [-0.39, 0.29) is 11.8 Å². The Morgan fingerprint density at radius 3 is 2.04 bits per heavy atom. The predicted octanol–water partition coefficient (Wildman–Crippen LogP) is 4.42. The van der Waals surface area contributed by atoms with Gasteiger partial charge in [0.1, 0.15) is 11.2 Å². The summed E-state index contributed by atoms with van der Waals surface area (Å²) in [5, 5.41) is 5.79. The molecule has 2 amide bonds. The van der Waals surface area contributed by atoms with Crippen molar-refractivity contribution in [2.45, 2.75) is 40.5 Å². The molecule has 0 heterocycles. The third-order valence-electron chi connectivity index (χ3n) is 4.70. The van der Waals surface area contributed by atoms with Gasteiger partial charge in [0.2, 0.25) is 11.8 Å². The highest BCUT2D eigenvalue weighted by Crippen LogP contribution is 2.27. The summed E-state index contributed by atoms with van der Waals surface area (Å²) in [6.07, 6.45) is 1.61. The normalized spacial score (nSPS) is 11.0. The van der Waals surface area contributed by atoms with Crippen LogP contribution in [0.5, 0.6) is 5.75 Å². The van der Waals surface area contributed by atoms with Crippen LogP contribution in [-0.4, -0.2) is 18.9 Å². The third-order valence-corrected chi connectivity index (χ3v) is 4.70. The molecule has 0 unspecified atom stereocenters. The van der Waals surface area contributed by atoms with Gasteiger partial charge in [0, 0.05) is 17.4 Å². The van der Waals surface area contributed by atoms with E-state index in [4.69, 9.17) is 4.74 Å². The summed E-state index contributed by atoms with van der Waals surface area (Å²) in [6, 6.07) is 13.0. The Morgan fingerprint density at radius 2 is 1.48 bits per heavy atom. The Morgan fingerprint density at radius 1 is 0.926 bits per heavy atom. The van der Waals surface area contributed by atoms with Crippen molar-refractivity contribution in [3.63, 3.8) is 0 Å². The van der Waals surface area contributed by atoms with E-state index >= 15 is 0 Å². The zero-order valence-corrected chi connectivity index (χ0v) is 16.7. The van der Waals surface area contributed by atoms with Crippen LogP contribution in [0.4, 0.5) is 11.4 Å². The van der Waals surface area contributed by atoms with Crippen LogP contribution in [0.25, 0.3) is 0 Å². The Hall–Kier alpha value is -2.82. The first-order chi connectivity index (χ1) is 12.8. The number of hydrogen-bond acceptors (Lipinski definition) is 3. The Bertz CT molecular complexity index is 806. The van der Waals surface area contributed by atoms with Gasteiger partial charge in [-0.2, -0.15) is 0 Å². The lowest BCUT2D eigenvalue weighted by atomic mass is 9.90. The second-order valence-corrected chi connectivity index (χ2v) is 6.92. The highest BCUT2D eigenvalue weighted by molar-refractivity contribution is 6.14. The zero-order valence-electron chi connectivity index (χ0n) is 16.7. The molecule has 0 spiro atoms. The number of para-hydroxylation sites is 1. The van der Waals surface area contributed by atoms with E-state index in [9.17, 15) is 9.59 Å². The first kappa shape index (κ1) is 20.5. The molecule has 2 aromatic rings. The van der Waals surface area contributed by atoms with Crippen LogP contribution >= 0.6 is 0 Å². The average Bonchev–Trinajstić information content (AvgIpc) is 2.67. The third kappa shape index (κ3) is 4.67. The number of nitrogens with one attached hydrogen (secondary N) is 2. The predicted molar refractivity (Wildman–Crippen MR) is 109 cm³/mol. The minimum Gasteiger partial charge on any atom is -0.497 e. The van der Waals surface area contributed by atoms with Gasteiger partial charge in [-0.05, 0) is 49.9 Å². The van der Waals surface area contributed by atoms with Crippen LogP contribution in [-0.2, 0) is 22.4 Å². The van der Waals surface area contributed by atoms with Crippen molar-refractivity contribution in [2.24, 2.45) is 5.41 Å². The van der Waals surface area contributed by atoms with Gasteiger partial charge in [0.25, 0.3) is 0 Å². The quantitative estimate of drug-likeness (QED) is 0.711. The summed E-state index contributed by atoms with van der Waals surface area (Å²) in [6.45, 7) is 7.34. The monoisotopic (exact) mass is 368 g/mol. The van der Waals surface area contributed by atoms with Gasteiger partial charge in [0.05, 0.1) is 7.11 Å². The van der Waals surface area contributed by atoms with Crippen LogP contribution in [0, 0.1) is 5.41 Å². The van der Waals surface area contributed by atoms with Crippen molar-refractivity contribution in [3.8, 4) is 5.75 Å². The van der Waals surface area contributed by atoms with Crippen molar-refractivity contribution < 1.29 is 14.3 Å². The summed E-state index contributed by atoms with van der Waals surface area (Å²) in [7, 11) is 1.56. The van der Waals surface area contributed by atoms with Crippen molar-refractivity contribution >= 4 is 23.2 Å². The number of anilines is 2. The summed E-state index contributed by atoms with van der Waals surface area (Å²) < 4.78 is 5.17. The van der Waals surface area contributed by atoms with Gasteiger partial charge in [0.15, 0.2) is 0 Å². The maximum atomic E-state index is 12.9. The SMILES string of the molecule is CCc1cccc(CC)c1NC(=O)C(C)(C)C(=O)Nc1cccc(OC)c1. The lowest BCUT2D eigenvalue weighted by Crippen LogP contribution is -2.42. The summed E-state index contributed by atoms with van der Waals surface area (Å²) in [5.74, 6) is -0.0710. The fourth-order valence-corrected chi connectivity index (χ4v) is 2.76. The Balaban J connectivity index is 2.20. The second kappa shape index (κ2) is 8.71. The van der Waals surface area contributed by atoms with Gasteiger partial charge in [-0.15, -0.1) is 0 Å². The molecule has 2 N–H and O–H groups in total. The molecule has 0 saturated heterocycles. The Labute approximate surface area is 161 Å². The molecule has 5 nitrogen and oxygen atoms in total. The highest BCUT2D eigenvalue weighted by Gasteiger charge is 2.36. The molecular weight excluding hydrogens is 340 g/mol. The molecule has 0 bridgehead atoms. The van der Waals surface area contributed by atoms with Gasteiger partial charge < -0.3 is 15.4 Å². The number of amides is 2. The highest BCUT2D eigenvalue weighted by atomic mass is 16.5. The number of ether oxygens (including phenoxy) is 1. The van der Waals surface area contributed by atoms with Crippen LogP contribution < -0.4 is 15.4 Å². The van der Waals surface area contributed by atoms with E-state index in [2.05, 4.69) is 10.6 Å². The fourth-order valence-electron chi connectivity index (χ4n) is 2.76. The zero-order chi connectivity index (χ0) is 20.0. The molecule has 27 heavy (non-hydrogen) atoms. The lowest BCUT2D eigenvalue weighted by Gasteiger charge is -2.24. The van der Waals surface area contributed by atoms with E-state index in [0.717, 1.165) is 29.7 Å². The van der Waals surface area contributed by atoms with Gasteiger partial charge in [-0.3, -0.25) is 9.59 Å². The Kier molecular flexibility index (Phi) is 6.61. The molecular formula is C22H28N2O3. The molecule has 0 radical (unpaired) electrons. The maximum Gasteiger partial charge on any atom is 0.239 e. The number of methoxy groups -OCH3 is 1. The molecule has 0 atom stereocenters. The number of carbonyl (C=O) groups is 2. The topological polar surface area (TPSA) is 67.4 Å². The lowest BCUT2D eigenvalue weighted by molar-refractivity contribution is -0.135. The van der Waals surface area contributed by atoms with Crippen molar-refractivity contribution in [1.29, 1.82) is 0 Å². The molecule has 0 aliphatic rings. The van der Waals surface area contributed by atoms with Crippen LogP contribution in [0.15, 0.2) is 42.5 Å². The average molecular weight is 368 g/mol.